The molecule has 1 aromatic rings. The van der Waals surface area contributed by atoms with E-state index in [2.05, 4.69) is 11.9 Å². The van der Waals surface area contributed by atoms with Crippen LogP contribution in [0.5, 0.6) is 0 Å². The second-order valence-corrected chi connectivity index (χ2v) is 5.46. The average Bonchev–Trinajstić information content (AvgIpc) is 2.81. The van der Waals surface area contributed by atoms with Crippen molar-refractivity contribution in [2.24, 2.45) is 5.92 Å². The lowest BCUT2D eigenvalue weighted by atomic mass is 10.0. The van der Waals surface area contributed by atoms with Crippen molar-refractivity contribution in [2.45, 2.75) is 26.2 Å². The molecule has 2 rings (SSSR count). The van der Waals surface area contributed by atoms with E-state index >= 15 is 0 Å². The zero-order chi connectivity index (χ0) is 13.1. The highest BCUT2D eigenvalue weighted by atomic mass is 35.5. The van der Waals surface area contributed by atoms with Gasteiger partial charge in [-0.1, -0.05) is 36.5 Å². The van der Waals surface area contributed by atoms with Crippen LogP contribution in [0.4, 0.5) is 0 Å². The molecule has 0 saturated carbocycles. The van der Waals surface area contributed by atoms with Gasteiger partial charge in [0.25, 0.3) is 5.91 Å². The fourth-order valence-electron chi connectivity index (χ4n) is 2.38. The van der Waals surface area contributed by atoms with Crippen molar-refractivity contribution in [3.8, 4) is 0 Å². The zero-order valence-electron chi connectivity index (χ0n) is 10.3. The normalized spacial score (nSPS) is 19.3. The molecule has 0 aliphatic carbocycles. The van der Waals surface area contributed by atoms with Crippen molar-refractivity contribution in [3.63, 3.8) is 0 Å². The topological polar surface area (TPSA) is 33.2 Å². The van der Waals surface area contributed by atoms with Crippen LogP contribution in [0.1, 0.15) is 36.5 Å². The number of hydrogen-bond acceptors (Lipinski definition) is 2. The monoisotopic (exact) mass is 286 g/mol. The van der Waals surface area contributed by atoms with Crippen LogP contribution >= 0.6 is 23.2 Å². The highest BCUT2D eigenvalue weighted by Gasteiger charge is 2.26. The molecule has 3 nitrogen and oxygen atoms in total. The smallest absolute Gasteiger partial charge is 0.255 e. The lowest BCUT2D eigenvalue weighted by Gasteiger charge is -2.16. The molecule has 0 bridgehead atoms. The lowest BCUT2D eigenvalue weighted by molar-refractivity contribution is 0.0786. The number of pyridine rings is 1. The first-order chi connectivity index (χ1) is 8.61. The van der Waals surface area contributed by atoms with Crippen molar-refractivity contribution in [1.82, 2.24) is 9.88 Å². The Balaban J connectivity index is 2.05. The van der Waals surface area contributed by atoms with Crippen LogP contribution < -0.4 is 0 Å². The Kier molecular flexibility index (Phi) is 4.46. The first kappa shape index (κ1) is 13.6. The van der Waals surface area contributed by atoms with Crippen molar-refractivity contribution < 1.29 is 4.79 Å². The molecule has 0 aromatic carbocycles. The van der Waals surface area contributed by atoms with Gasteiger partial charge in [0.15, 0.2) is 0 Å². The minimum atomic E-state index is -0.000306. The van der Waals surface area contributed by atoms with Crippen LogP contribution in [-0.4, -0.2) is 28.9 Å². The molecule has 1 aliphatic rings. The second-order valence-electron chi connectivity index (χ2n) is 4.69. The number of amides is 1. The van der Waals surface area contributed by atoms with E-state index in [0.29, 0.717) is 16.5 Å². The Morgan fingerprint density at radius 1 is 1.56 bits per heavy atom. The third kappa shape index (κ3) is 2.96. The summed E-state index contributed by atoms with van der Waals surface area (Å²) >= 11 is 11.6. The Morgan fingerprint density at radius 3 is 3.00 bits per heavy atom. The lowest BCUT2D eigenvalue weighted by Crippen LogP contribution is -2.28. The number of aromatic nitrogens is 1. The van der Waals surface area contributed by atoms with E-state index in [4.69, 9.17) is 23.2 Å². The van der Waals surface area contributed by atoms with Gasteiger partial charge < -0.3 is 4.90 Å². The molecule has 1 aromatic heterocycles. The minimum Gasteiger partial charge on any atom is -0.338 e. The highest BCUT2D eigenvalue weighted by Crippen LogP contribution is 2.24. The highest BCUT2D eigenvalue weighted by molar-refractivity contribution is 6.41. The standard InChI is InChI=1S/C13H16Cl2N2O/c1-2-3-9-4-5-17(8-9)13(18)10-6-11(14)12(15)16-7-10/h6-7,9H,2-5,8H2,1H3. The van der Waals surface area contributed by atoms with E-state index in [9.17, 15) is 4.79 Å². The van der Waals surface area contributed by atoms with Crippen LogP contribution in [0.15, 0.2) is 12.3 Å². The predicted octanol–water partition coefficient (Wildman–Crippen LogP) is 3.65. The zero-order valence-corrected chi connectivity index (χ0v) is 11.8. The van der Waals surface area contributed by atoms with Gasteiger partial charge in [-0.15, -0.1) is 0 Å². The molecular formula is C13H16Cl2N2O. The molecule has 1 aliphatic heterocycles. The van der Waals surface area contributed by atoms with Gasteiger partial charge in [-0.25, -0.2) is 4.98 Å². The summed E-state index contributed by atoms with van der Waals surface area (Å²) in [6.45, 7) is 3.84. The first-order valence-electron chi connectivity index (χ1n) is 6.22. The minimum absolute atomic E-state index is 0.000306. The van der Waals surface area contributed by atoms with E-state index in [0.717, 1.165) is 19.5 Å². The number of rotatable bonds is 3. The molecule has 1 atom stereocenters. The quantitative estimate of drug-likeness (QED) is 0.795. The number of hydrogen-bond donors (Lipinski definition) is 0. The van der Waals surface area contributed by atoms with Gasteiger partial charge in [0.1, 0.15) is 5.15 Å². The molecule has 2 heterocycles. The van der Waals surface area contributed by atoms with Crippen LogP contribution in [0.25, 0.3) is 0 Å². The number of nitrogens with zero attached hydrogens (tertiary/aromatic N) is 2. The van der Waals surface area contributed by atoms with Gasteiger partial charge >= 0.3 is 0 Å². The first-order valence-corrected chi connectivity index (χ1v) is 6.97. The summed E-state index contributed by atoms with van der Waals surface area (Å²) in [5, 5.41) is 0.560. The molecule has 98 valence electrons. The summed E-state index contributed by atoms with van der Waals surface area (Å²) in [5.41, 5.74) is 0.515. The maximum atomic E-state index is 12.2. The van der Waals surface area contributed by atoms with Gasteiger partial charge in [-0.3, -0.25) is 4.79 Å². The molecule has 1 fully saturated rings. The van der Waals surface area contributed by atoms with E-state index in [-0.39, 0.29) is 11.1 Å². The summed E-state index contributed by atoms with van der Waals surface area (Å²) in [6, 6.07) is 1.59. The van der Waals surface area contributed by atoms with Crippen molar-refractivity contribution in [2.75, 3.05) is 13.1 Å². The molecule has 0 spiro atoms. The van der Waals surface area contributed by atoms with Crippen molar-refractivity contribution in [1.29, 1.82) is 0 Å². The van der Waals surface area contributed by atoms with E-state index in [1.54, 1.807) is 6.07 Å². The van der Waals surface area contributed by atoms with Crippen molar-refractivity contribution >= 4 is 29.1 Å². The fraction of sp³-hybridized carbons (Fsp3) is 0.538. The summed E-state index contributed by atoms with van der Waals surface area (Å²) in [7, 11) is 0. The van der Waals surface area contributed by atoms with Crippen LogP contribution in [-0.2, 0) is 0 Å². The summed E-state index contributed by atoms with van der Waals surface area (Å²) < 4.78 is 0. The van der Waals surface area contributed by atoms with E-state index in [1.807, 2.05) is 4.90 Å². The molecule has 18 heavy (non-hydrogen) atoms. The summed E-state index contributed by atoms with van der Waals surface area (Å²) in [4.78, 5) is 18.0. The molecule has 0 N–H and O–H groups in total. The summed E-state index contributed by atoms with van der Waals surface area (Å²) in [6.07, 6.45) is 4.93. The SMILES string of the molecule is CCCC1CCN(C(=O)c2cnc(Cl)c(Cl)c2)C1. The van der Waals surface area contributed by atoms with Crippen molar-refractivity contribution in [3.05, 3.63) is 28.0 Å². The third-order valence-electron chi connectivity index (χ3n) is 3.31. The average molecular weight is 287 g/mol. The van der Waals surface area contributed by atoms with Crippen LogP contribution in [0.3, 0.4) is 0 Å². The summed E-state index contributed by atoms with van der Waals surface area (Å²) in [5.74, 6) is 0.634. The van der Waals surface area contributed by atoms with E-state index in [1.165, 1.54) is 19.0 Å². The Labute approximate surface area is 117 Å². The molecule has 0 radical (unpaired) electrons. The molecular weight excluding hydrogens is 271 g/mol. The number of halogens is 2. The molecule has 1 amide bonds. The van der Waals surface area contributed by atoms with Gasteiger partial charge in [0.2, 0.25) is 0 Å². The van der Waals surface area contributed by atoms with Crippen LogP contribution in [0.2, 0.25) is 10.2 Å². The predicted molar refractivity (Wildman–Crippen MR) is 73.2 cm³/mol. The maximum Gasteiger partial charge on any atom is 0.255 e. The molecule has 5 heteroatoms. The van der Waals surface area contributed by atoms with Gasteiger partial charge in [0.05, 0.1) is 10.6 Å². The van der Waals surface area contributed by atoms with E-state index < -0.39 is 0 Å². The Bertz CT molecular complexity index is 451. The second kappa shape index (κ2) is 5.89. The Morgan fingerprint density at radius 2 is 2.33 bits per heavy atom. The van der Waals surface area contributed by atoms with Crippen LogP contribution in [0, 0.1) is 5.92 Å². The largest absolute Gasteiger partial charge is 0.338 e. The van der Waals surface area contributed by atoms with Gasteiger partial charge in [0, 0.05) is 19.3 Å². The third-order valence-corrected chi connectivity index (χ3v) is 4.00. The number of likely N-dealkylation sites (tertiary alicyclic amines) is 1. The molecule has 1 saturated heterocycles. The number of carbonyl (C=O) groups excluding carboxylic acids is 1. The van der Waals surface area contributed by atoms with Gasteiger partial charge in [-0.05, 0) is 24.8 Å². The maximum absolute atomic E-state index is 12.2. The fourth-order valence-corrected chi connectivity index (χ4v) is 2.65. The van der Waals surface area contributed by atoms with Gasteiger partial charge in [-0.2, -0.15) is 0 Å². The Hall–Kier alpha value is -0.800. The number of carbonyl (C=O) groups is 1. The molecule has 1 unspecified atom stereocenters.